The van der Waals surface area contributed by atoms with Crippen LogP contribution in [0.4, 0.5) is 9.52 Å². The lowest BCUT2D eigenvalue weighted by Gasteiger charge is -2.19. The van der Waals surface area contributed by atoms with Gasteiger partial charge in [-0.1, -0.05) is 30.4 Å². The van der Waals surface area contributed by atoms with Crippen LogP contribution < -0.4 is 10.1 Å². The second-order valence-electron chi connectivity index (χ2n) is 8.14. The molecule has 196 valence electrons. The fourth-order valence-corrected chi connectivity index (χ4v) is 5.46. The van der Waals surface area contributed by atoms with Gasteiger partial charge in [-0.05, 0) is 53.6 Å². The van der Waals surface area contributed by atoms with Crippen molar-refractivity contribution in [3.05, 3.63) is 82.7 Å². The number of aromatic nitrogens is 1. The van der Waals surface area contributed by atoms with E-state index < -0.39 is 27.7 Å². The number of rotatable bonds is 9. The zero-order chi connectivity index (χ0) is 27.4. The number of amides is 1. The predicted molar refractivity (Wildman–Crippen MR) is 139 cm³/mol. The normalized spacial score (nSPS) is 12.2. The number of nitrogens with one attached hydrogen (secondary N) is 1. The lowest BCUT2D eigenvalue weighted by Crippen LogP contribution is -2.26. The van der Waals surface area contributed by atoms with E-state index in [1.54, 1.807) is 12.1 Å². The minimum atomic E-state index is -3.49. The summed E-state index contributed by atoms with van der Waals surface area (Å²) < 4.78 is 45.4. The average molecular weight is 556 g/mol. The Kier molecular flexibility index (Phi) is 8.03. The fourth-order valence-electron chi connectivity index (χ4n) is 3.66. The molecular weight excluding hydrogens is 533 g/mol. The number of nitrogens with zero attached hydrogens (tertiary/aromatic N) is 2. The number of thiazole rings is 1. The lowest BCUT2D eigenvalue weighted by molar-refractivity contribution is -0.123. The first-order valence-corrected chi connectivity index (χ1v) is 13.8. The van der Waals surface area contributed by atoms with Crippen molar-refractivity contribution in [2.75, 3.05) is 11.1 Å². The van der Waals surface area contributed by atoms with Crippen LogP contribution in [0, 0.1) is 17.1 Å². The van der Waals surface area contributed by atoms with E-state index >= 15 is 0 Å². The zero-order valence-electron chi connectivity index (χ0n) is 20.0. The quantitative estimate of drug-likeness (QED) is 0.282. The summed E-state index contributed by atoms with van der Waals surface area (Å²) in [6, 6.07) is 14.2. The molecule has 1 aromatic heterocycles. The van der Waals surface area contributed by atoms with E-state index in [2.05, 4.69) is 10.3 Å². The topological polar surface area (TPSA) is 150 Å². The molecule has 9 nitrogen and oxygen atoms in total. The van der Waals surface area contributed by atoms with Crippen molar-refractivity contribution in [1.29, 1.82) is 5.26 Å². The smallest absolute Gasteiger partial charge is 0.271 e. The van der Waals surface area contributed by atoms with Crippen molar-refractivity contribution in [2.45, 2.75) is 31.1 Å². The van der Waals surface area contributed by atoms with E-state index in [1.165, 1.54) is 43.3 Å². The molecule has 38 heavy (non-hydrogen) atoms. The van der Waals surface area contributed by atoms with Gasteiger partial charge in [-0.2, -0.15) is 5.26 Å². The SMILES string of the molecule is CCS(=O)(=O)c1ccc(C(Oc2ccc(C#N)cc2F)C(=O)Nc2nc3cc(CO)c(CO)cc3s2)cc1. The summed E-state index contributed by atoms with van der Waals surface area (Å²) in [5.74, 6) is -1.93. The van der Waals surface area contributed by atoms with Crippen LogP contribution >= 0.6 is 11.3 Å². The first kappa shape index (κ1) is 27.2. The third kappa shape index (κ3) is 5.66. The second kappa shape index (κ2) is 11.2. The van der Waals surface area contributed by atoms with Crippen molar-refractivity contribution in [1.82, 2.24) is 4.98 Å². The maximum Gasteiger partial charge on any atom is 0.271 e. The van der Waals surface area contributed by atoms with E-state index in [4.69, 9.17) is 10.00 Å². The van der Waals surface area contributed by atoms with E-state index in [0.717, 1.165) is 17.4 Å². The molecular formula is C26H22FN3O6S2. The third-order valence-corrected chi connectivity index (χ3v) is 8.43. The highest BCUT2D eigenvalue weighted by molar-refractivity contribution is 7.91. The number of halogens is 1. The molecule has 4 aromatic rings. The number of aliphatic hydroxyl groups is 2. The van der Waals surface area contributed by atoms with Gasteiger partial charge in [0, 0.05) is 5.56 Å². The lowest BCUT2D eigenvalue weighted by atomic mass is 10.1. The maximum absolute atomic E-state index is 14.6. The largest absolute Gasteiger partial charge is 0.473 e. The Morgan fingerprint density at radius 1 is 1.13 bits per heavy atom. The molecule has 0 saturated carbocycles. The third-order valence-electron chi connectivity index (χ3n) is 5.75. The molecule has 1 amide bonds. The van der Waals surface area contributed by atoms with Gasteiger partial charge in [0.05, 0.1) is 45.7 Å². The van der Waals surface area contributed by atoms with Crippen LogP contribution in [0.2, 0.25) is 0 Å². The number of anilines is 1. The molecule has 3 N–H and O–H groups in total. The van der Waals surface area contributed by atoms with Crippen LogP contribution in [-0.4, -0.2) is 35.3 Å². The molecule has 0 fully saturated rings. The van der Waals surface area contributed by atoms with Crippen LogP contribution in [0.5, 0.6) is 5.75 Å². The highest BCUT2D eigenvalue weighted by Crippen LogP contribution is 2.32. The van der Waals surface area contributed by atoms with E-state index in [1.807, 2.05) is 6.07 Å². The summed E-state index contributed by atoms with van der Waals surface area (Å²) in [6.45, 7) is 0.948. The van der Waals surface area contributed by atoms with Crippen LogP contribution in [-0.2, 0) is 27.8 Å². The van der Waals surface area contributed by atoms with Gasteiger partial charge in [-0.15, -0.1) is 0 Å². The molecule has 4 rings (SSSR count). The fraction of sp³-hybridized carbons (Fsp3) is 0.192. The van der Waals surface area contributed by atoms with Gasteiger partial charge in [0.25, 0.3) is 5.91 Å². The van der Waals surface area contributed by atoms with E-state index in [-0.39, 0.29) is 45.9 Å². The summed E-state index contributed by atoms with van der Waals surface area (Å²) >= 11 is 1.13. The van der Waals surface area contributed by atoms with Crippen molar-refractivity contribution in [3.63, 3.8) is 0 Å². The number of sulfone groups is 1. The minimum absolute atomic E-state index is 0.0676. The number of ether oxygens (including phenoxy) is 1. The van der Waals surface area contributed by atoms with Crippen molar-refractivity contribution < 1.29 is 32.6 Å². The second-order valence-corrected chi connectivity index (χ2v) is 11.4. The Hall–Kier alpha value is -3.89. The van der Waals surface area contributed by atoms with Crippen LogP contribution in [0.1, 0.15) is 35.3 Å². The Balaban J connectivity index is 1.69. The van der Waals surface area contributed by atoms with Gasteiger partial charge in [0.1, 0.15) is 0 Å². The predicted octanol–water partition coefficient (Wildman–Crippen LogP) is 3.84. The molecule has 1 unspecified atom stereocenters. The van der Waals surface area contributed by atoms with Crippen molar-refractivity contribution in [2.24, 2.45) is 0 Å². The Bertz CT molecular complexity index is 1610. The maximum atomic E-state index is 14.6. The van der Waals surface area contributed by atoms with Crippen LogP contribution in [0.15, 0.2) is 59.5 Å². The van der Waals surface area contributed by atoms with E-state index in [0.29, 0.717) is 21.3 Å². The molecule has 0 spiro atoms. The molecule has 3 aromatic carbocycles. The number of hydrogen-bond acceptors (Lipinski definition) is 9. The molecule has 0 bridgehead atoms. The Morgan fingerprint density at radius 2 is 1.82 bits per heavy atom. The van der Waals surface area contributed by atoms with Crippen LogP contribution in [0.25, 0.3) is 10.2 Å². The monoisotopic (exact) mass is 555 g/mol. The summed E-state index contributed by atoms with van der Waals surface area (Å²) in [4.78, 5) is 17.8. The molecule has 1 heterocycles. The highest BCUT2D eigenvalue weighted by atomic mass is 32.2. The van der Waals surface area contributed by atoms with E-state index in [9.17, 15) is 27.8 Å². The minimum Gasteiger partial charge on any atom is -0.473 e. The summed E-state index contributed by atoms with van der Waals surface area (Å²) in [7, 11) is -3.49. The van der Waals surface area contributed by atoms with Gasteiger partial charge >= 0.3 is 0 Å². The standard InChI is InChI=1S/C26H22FN3O6S2/c1-2-38(34,35)19-6-4-16(5-7-19)24(36-22-8-3-15(12-28)9-20(22)27)25(33)30-26-29-21-10-17(13-31)18(14-32)11-23(21)37-26/h3-11,24,31-32H,2,13-14H2,1H3,(H,29,30,33). The number of carbonyl (C=O) groups is 1. The Labute approximate surface area is 221 Å². The number of hydrogen-bond donors (Lipinski definition) is 3. The molecule has 12 heteroatoms. The zero-order valence-corrected chi connectivity index (χ0v) is 21.6. The summed E-state index contributed by atoms with van der Waals surface area (Å²) in [6.07, 6.45) is -1.40. The van der Waals surface area contributed by atoms with Gasteiger partial charge < -0.3 is 14.9 Å². The van der Waals surface area contributed by atoms with Gasteiger partial charge in [-0.3, -0.25) is 10.1 Å². The summed E-state index contributed by atoms with van der Waals surface area (Å²) in [5.41, 5.74) is 1.86. The first-order chi connectivity index (χ1) is 18.2. The van der Waals surface area contributed by atoms with Crippen molar-refractivity contribution >= 4 is 42.4 Å². The molecule has 0 aliphatic carbocycles. The molecule has 0 radical (unpaired) electrons. The van der Waals surface area contributed by atoms with Gasteiger partial charge in [0.2, 0.25) is 6.10 Å². The molecule has 0 aliphatic rings. The summed E-state index contributed by atoms with van der Waals surface area (Å²) in [5, 5.41) is 30.9. The first-order valence-electron chi connectivity index (χ1n) is 11.3. The Morgan fingerprint density at radius 3 is 2.42 bits per heavy atom. The molecule has 0 aliphatic heterocycles. The molecule has 1 atom stereocenters. The number of nitriles is 1. The number of benzene rings is 3. The highest BCUT2D eigenvalue weighted by Gasteiger charge is 2.26. The number of aliphatic hydroxyl groups excluding tert-OH is 2. The van der Waals surface area contributed by atoms with Crippen LogP contribution in [0.3, 0.4) is 0 Å². The van der Waals surface area contributed by atoms with Gasteiger partial charge in [-0.25, -0.2) is 17.8 Å². The number of fused-ring (bicyclic) bond motifs is 1. The average Bonchev–Trinajstić information content (AvgIpc) is 3.32. The number of carbonyl (C=O) groups excluding carboxylic acids is 1. The molecule has 0 saturated heterocycles. The van der Waals surface area contributed by atoms with Gasteiger partial charge in [0.15, 0.2) is 26.5 Å². The van der Waals surface area contributed by atoms with Crippen molar-refractivity contribution in [3.8, 4) is 11.8 Å².